The second-order valence-electron chi connectivity index (χ2n) is 8.28. The van der Waals surface area contributed by atoms with Crippen LogP contribution in [0, 0.1) is 0 Å². The van der Waals surface area contributed by atoms with Crippen molar-refractivity contribution < 1.29 is 0 Å². The first kappa shape index (κ1) is 17.7. The van der Waals surface area contributed by atoms with E-state index in [-0.39, 0.29) is 0 Å². The van der Waals surface area contributed by atoms with Crippen LogP contribution in [0.5, 0.6) is 0 Å². The van der Waals surface area contributed by atoms with Crippen molar-refractivity contribution in [2.75, 3.05) is 44.2 Å². The summed E-state index contributed by atoms with van der Waals surface area (Å²) in [5, 5.41) is 3.65. The number of piperazine rings is 1. The van der Waals surface area contributed by atoms with E-state index in [1.165, 1.54) is 35.5 Å². The Balaban J connectivity index is 1.08. The molecule has 1 saturated heterocycles. The normalized spacial score (nSPS) is 24.4. The van der Waals surface area contributed by atoms with Crippen molar-refractivity contribution in [3.8, 4) is 0 Å². The van der Waals surface area contributed by atoms with E-state index >= 15 is 0 Å². The summed E-state index contributed by atoms with van der Waals surface area (Å²) in [4.78, 5) is 10.1. The number of aliphatic imine (C=N–C) groups is 1. The highest BCUT2D eigenvalue weighted by atomic mass is 15.3. The van der Waals surface area contributed by atoms with Gasteiger partial charge in [0.25, 0.3) is 0 Å². The van der Waals surface area contributed by atoms with E-state index in [0.717, 1.165) is 45.7 Å². The van der Waals surface area contributed by atoms with Gasteiger partial charge in [0.05, 0.1) is 11.9 Å². The molecule has 0 spiro atoms. The second-order valence-corrected chi connectivity index (χ2v) is 8.28. The van der Waals surface area contributed by atoms with Crippen molar-refractivity contribution in [3.63, 3.8) is 0 Å². The molecule has 0 amide bonds. The molecule has 1 fully saturated rings. The molecule has 2 heterocycles. The van der Waals surface area contributed by atoms with Gasteiger partial charge in [-0.15, -0.1) is 0 Å². The minimum Gasteiger partial charge on any atom is -0.373 e. The predicted octanol–water partition coefficient (Wildman–Crippen LogP) is 3.30. The third-order valence-corrected chi connectivity index (χ3v) is 6.61. The van der Waals surface area contributed by atoms with E-state index in [4.69, 9.17) is 4.99 Å². The van der Waals surface area contributed by atoms with Gasteiger partial charge < -0.3 is 10.2 Å². The number of para-hydroxylation sites is 1. The Hall–Kier alpha value is -2.33. The molecule has 1 aliphatic carbocycles. The van der Waals surface area contributed by atoms with Crippen LogP contribution in [0.4, 0.5) is 5.69 Å². The number of aryl methyl sites for hydroxylation is 1. The highest BCUT2D eigenvalue weighted by molar-refractivity contribution is 5.85. The lowest BCUT2D eigenvalue weighted by atomic mass is 9.79. The number of nitrogens with one attached hydrogen (secondary N) is 1. The maximum absolute atomic E-state index is 5.02. The zero-order chi connectivity index (χ0) is 18.8. The van der Waals surface area contributed by atoms with Gasteiger partial charge in [-0.1, -0.05) is 42.5 Å². The molecule has 2 atom stereocenters. The summed E-state index contributed by atoms with van der Waals surface area (Å²) < 4.78 is 0. The fraction of sp³-hybridized carbons (Fsp3) is 0.458. The quantitative estimate of drug-likeness (QED) is 0.891. The van der Waals surface area contributed by atoms with E-state index in [9.17, 15) is 0 Å². The molecule has 4 heteroatoms. The highest BCUT2D eigenvalue weighted by Crippen LogP contribution is 2.39. The van der Waals surface area contributed by atoms with Crippen LogP contribution >= 0.6 is 0 Å². The minimum absolute atomic E-state index is 0.492. The Bertz CT molecular complexity index is 824. The average Bonchev–Trinajstić information content (AvgIpc) is 3.18. The largest absolute Gasteiger partial charge is 0.373 e. The number of amidine groups is 1. The number of anilines is 1. The van der Waals surface area contributed by atoms with E-state index in [1.54, 1.807) is 0 Å². The summed E-state index contributed by atoms with van der Waals surface area (Å²) >= 11 is 0. The molecule has 4 nitrogen and oxygen atoms in total. The maximum atomic E-state index is 5.02. The van der Waals surface area contributed by atoms with Gasteiger partial charge in [-0.3, -0.25) is 9.89 Å². The maximum Gasteiger partial charge on any atom is 0.0974 e. The van der Waals surface area contributed by atoms with E-state index in [0.29, 0.717) is 12.0 Å². The first-order valence-electron chi connectivity index (χ1n) is 10.8. The molecule has 0 saturated carbocycles. The van der Waals surface area contributed by atoms with Crippen LogP contribution < -0.4 is 10.2 Å². The summed E-state index contributed by atoms with van der Waals surface area (Å²) in [6.45, 7) is 6.62. The van der Waals surface area contributed by atoms with Gasteiger partial charge in [0.15, 0.2) is 0 Å². The van der Waals surface area contributed by atoms with Gasteiger partial charge in [0.2, 0.25) is 0 Å². The van der Waals surface area contributed by atoms with Crippen LogP contribution in [0.25, 0.3) is 0 Å². The van der Waals surface area contributed by atoms with Gasteiger partial charge >= 0.3 is 0 Å². The number of hydrogen-bond acceptors (Lipinski definition) is 4. The number of hydrogen-bond donors (Lipinski definition) is 1. The van der Waals surface area contributed by atoms with E-state index in [1.807, 2.05) is 0 Å². The predicted molar refractivity (Wildman–Crippen MR) is 116 cm³/mol. The molecule has 0 aromatic heterocycles. The molecule has 2 aromatic carbocycles. The molecule has 5 rings (SSSR count). The van der Waals surface area contributed by atoms with E-state index in [2.05, 4.69) is 69.7 Å². The molecule has 0 unspecified atom stereocenters. The standard InChI is InChI=1S/C24H30N4/c1-2-7-20(8-3-1)28-16-14-27(15-17-28)13-12-25-24-18-22-21-9-5-4-6-19(21)10-11-23(22)26-24/h1-9,22-23H,10-18H2,(H,25,26)/t22-,23+/m0/s1. The van der Waals surface area contributed by atoms with Crippen LogP contribution in [0.2, 0.25) is 0 Å². The average molecular weight is 375 g/mol. The SMILES string of the molecule is c1ccc(N2CCN(CCNC3=N[C@@H]4CCc5ccccc5[C@@H]4C3)CC2)cc1. The lowest BCUT2D eigenvalue weighted by Crippen LogP contribution is -2.48. The molecule has 2 aliphatic heterocycles. The third kappa shape index (κ3) is 3.66. The molecule has 3 aliphatic rings. The van der Waals surface area contributed by atoms with Crippen molar-refractivity contribution in [1.29, 1.82) is 0 Å². The Labute approximate surface area is 168 Å². The summed E-state index contributed by atoms with van der Waals surface area (Å²) in [5.74, 6) is 1.83. The zero-order valence-corrected chi connectivity index (χ0v) is 16.6. The molecule has 0 radical (unpaired) electrons. The molecule has 28 heavy (non-hydrogen) atoms. The van der Waals surface area contributed by atoms with Gasteiger partial charge in [-0.05, 0) is 36.1 Å². The molecular weight excluding hydrogens is 344 g/mol. The van der Waals surface area contributed by atoms with Crippen LogP contribution in [0.1, 0.15) is 29.9 Å². The number of nitrogens with zero attached hydrogens (tertiary/aromatic N) is 3. The first-order chi connectivity index (χ1) is 13.9. The highest BCUT2D eigenvalue weighted by Gasteiger charge is 2.34. The summed E-state index contributed by atoms with van der Waals surface area (Å²) in [6, 6.07) is 20.2. The Morgan fingerprint density at radius 3 is 2.57 bits per heavy atom. The monoisotopic (exact) mass is 374 g/mol. The smallest absolute Gasteiger partial charge is 0.0974 e. The molecular formula is C24H30N4. The van der Waals surface area contributed by atoms with Crippen LogP contribution in [-0.4, -0.2) is 56.0 Å². The molecule has 146 valence electrons. The molecule has 2 aromatic rings. The van der Waals surface area contributed by atoms with Crippen molar-refractivity contribution in [1.82, 2.24) is 10.2 Å². The Morgan fingerprint density at radius 2 is 1.71 bits per heavy atom. The minimum atomic E-state index is 0.492. The lowest BCUT2D eigenvalue weighted by molar-refractivity contribution is 0.261. The van der Waals surface area contributed by atoms with Gasteiger partial charge in [-0.2, -0.15) is 0 Å². The molecule has 1 N–H and O–H groups in total. The van der Waals surface area contributed by atoms with Crippen molar-refractivity contribution in [2.24, 2.45) is 4.99 Å². The Kier molecular flexibility index (Phi) is 5.05. The summed E-state index contributed by atoms with van der Waals surface area (Å²) in [6.07, 6.45) is 3.47. The third-order valence-electron chi connectivity index (χ3n) is 6.61. The topological polar surface area (TPSA) is 30.9 Å². The van der Waals surface area contributed by atoms with Crippen LogP contribution in [0.3, 0.4) is 0 Å². The Morgan fingerprint density at radius 1 is 0.929 bits per heavy atom. The van der Waals surface area contributed by atoms with Crippen molar-refractivity contribution in [3.05, 3.63) is 65.7 Å². The lowest BCUT2D eigenvalue weighted by Gasteiger charge is -2.36. The summed E-state index contributed by atoms with van der Waals surface area (Å²) in [5.41, 5.74) is 4.43. The summed E-state index contributed by atoms with van der Waals surface area (Å²) in [7, 11) is 0. The number of rotatable bonds is 4. The van der Waals surface area contributed by atoms with Crippen molar-refractivity contribution >= 4 is 11.5 Å². The number of benzene rings is 2. The van der Waals surface area contributed by atoms with Gasteiger partial charge in [-0.25, -0.2) is 0 Å². The van der Waals surface area contributed by atoms with Crippen LogP contribution in [-0.2, 0) is 6.42 Å². The van der Waals surface area contributed by atoms with Gasteiger partial charge in [0, 0.05) is 57.3 Å². The molecule has 0 bridgehead atoms. The fourth-order valence-corrected chi connectivity index (χ4v) is 5.04. The van der Waals surface area contributed by atoms with Gasteiger partial charge in [0.1, 0.15) is 0 Å². The zero-order valence-electron chi connectivity index (χ0n) is 16.6. The first-order valence-corrected chi connectivity index (χ1v) is 10.8. The number of fused-ring (bicyclic) bond motifs is 3. The fourth-order valence-electron chi connectivity index (χ4n) is 5.04. The van der Waals surface area contributed by atoms with Crippen LogP contribution in [0.15, 0.2) is 59.6 Å². The van der Waals surface area contributed by atoms with E-state index < -0.39 is 0 Å². The van der Waals surface area contributed by atoms with Crippen molar-refractivity contribution in [2.45, 2.75) is 31.2 Å². The second kappa shape index (κ2) is 7.96.